The predicted molar refractivity (Wildman–Crippen MR) is 84.5 cm³/mol. The van der Waals surface area contributed by atoms with Crippen LogP contribution in [0.5, 0.6) is 0 Å². The summed E-state index contributed by atoms with van der Waals surface area (Å²) in [6, 6.07) is 8.11. The minimum atomic E-state index is -0.0661. The summed E-state index contributed by atoms with van der Waals surface area (Å²) in [4.78, 5) is 12.4. The largest absolute Gasteiger partial charge is 0.451 e. The summed E-state index contributed by atoms with van der Waals surface area (Å²) < 4.78 is 5.73. The number of para-hydroxylation sites is 1. The molecule has 1 aromatic carbocycles. The van der Waals surface area contributed by atoms with E-state index in [1.54, 1.807) is 0 Å². The molecule has 1 amide bonds. The Hall–Kier alpha value is -1.77. The van der Waals surface area contributed by atoms with Crippen molar-refractivity contribution in [3.63, 3.8) is 0 Å². The van der Waals surface area contributed by atoms with Crippen molar-refractivity contribution in [1.82, 2.24) is 5.32 Å². The summed E-state index contributed by atoms with van der Waals surface area (Å²) in [6.07, 6.45) is 5.87. The van der Waals surface area contributed by atoms with Crippen molar-refractivity contribution < 1.29 is 9.21 Å². The number of fused-ring (bicyclic) bond motifs is 1. The molecule has 0 spiro atoms. The second-order valence-electron chi connectivity index (χ2n) is 6.15. The van der Waals surface area contributed by atoms with Gasteiger partial charge in [0.05, 0.1) is 0 Å². The Kier molecular flexibility index (Phi) is 4.00. The first-order valence-electron chi connectivity index (χ1n) is 7.98. The van der Waals surface area contributed by atoms with Gasteiger partial charge in [-0.05, 0) is 44.6 Å². The lowest BCUT2D eigenvalue weighted by Crippen LogP contribution is -2.37. The molecule has 3 rings (SSSR count). The number of nitrogens with one attached hydrogen (secondary N) is 1. The molecule has 2 aromatic rings. The van der Waals surface area contributed by atoms with Gasteiger partial charge in [-0.15, -0.1) is 0 Å². The molecule has 0 aliphatic heterocycles. The molecule has 1 N–H and O–H groups in total. The fraction of sp³-hybridized carbons (Fsp3) is 0.500. The van der Waals surface area contributed by atoms with E-state index < -0.39 is 0 Å². The lowest BCUT2D eigenvalue weighted by Gasteiger charge is -2.28. The van der Waals surface area contributed by atoms with Crippen LogP contribution in [-0.2, 0) is 0 Å². The molecule has 0 radical (unpaired) electrons. The van der Waals surface area contributed by atoms with E-state index in [1.165, 1.54) is 19.3 Å². The Labute approximate surface area is 125 Å². The lowest BCUT2D eigenvalue weighted by atomic mass is 9.84. The van der Waals surface area contributed by atoms with Crippen molar-refractivity contribution >= 4 is 16.9 Å². The highest BCUT2D eigenvalue weighted by atomic mass is 16.3. The minimum absolute atomic E-state index is 0.0661. The highest BCUT2D eigenvalue weighted by Gasteiger charge is 2.24. The fourth-order valence-electron chi connectivity index (χ4n) is 3.36. The Balaban J connectivity index is 1.71. The van der Waals surface area contributed by atoms with Crippen LogP contribution in [0, 0.1) is 12.8 Å². The highest BCUT2D eigenvalue weighted by molar-refractivity contribution is 5.99. The molecule has 1 fully saturated rings. The zero-order chi connectivity index (χ0) is 14.8. The van der Waals surface area contributed by atoms with Crippen molar-refractivity contribution in [2.24, 2.45) is 5.92 Å². The van der Waals surface area contributed by atoms with Crippen LogP contribution in [0.15, 0.2) is 28.7 Å². The maximum Gasteiger partial charge on any atom is 0.287 e. The molecule has 1 aliphatic rings. The zero-order valence-corrected chi connectivity index (χ0v) is 12.8. The fourth-order valence-corrected chi connectivity index (χ4v) is 3.36. The van der Waals surface area contributed by atoms with E-state index >= 15 is 0 Å². The third kappa shape index (κ3) is 2.82. The monoisotopic (exact) mass is 285 g/mol. The maximum absolute atomic E-state index is 12.4. The summed E-state index contributed by atoms with van der Waals surface area (Å²) in [6.45, 7) is 4.20. The third-order valence-electron chi connectivity index (χ3n) is 4.81. The molecular formula is C18H23NO2. The molecule has 0 bridgehead atoms. The van der Waals surface area contributed by atoms with E-state index in [9.17, 15) is 4.79 Å². The van der Waals surface area contributed by atoms with E-state index in [1.807, 2.05) is 31.2 Å². The van der Waals surface area contributed by atoms with Crippen molar-refractivity contribution in [3.8, 4) is 0 Å². The summed E-state index contributed by atoms with van der Waals surface area (Å²) in [5.74, 6) is 1.24. The van der Waals surface area contributed by atoms with Crippen LogP contribution in [0.25, 0.3) is 11.0 Å². The number of amides is 1. The summed E-state index contributed by atoms with van der Waals surface area (Å²) in [5.41, 5.74) is 1.72. The molecule has 3 heteroatoms. The normalized spacial score (nSPS) is 22.4. The van der Waals surface area contributed by atoms with Gasteiger partial charge in [0, 0.05) is 17.0 Å². The van der Waals surface area contributed by atoms with Crippen LogP contribution < -0.4 is 5.32 Å². The molecule has 112 valence electrons. The lowest BCUT2D eigenvalue weighted by molar-refractivity contribution is 0.0895. The van der Waals surface area contributed by atoms with Gasteiger partial charge in [0.2, 0.25) is 0 Å². The molecule has 1 aliphatic carbocycles. The molecule has 0 unspecified atom stereocenters. The van der Waals surface area contributed by atoms with Gasteiger partial charge in [-0.1, -0.05) is 31.5 Å². The molecule has 0 atom stereocenters. The Morgan fingerprint density at radius 1 is 1.24 bits per heavy atom. The van der Waals surface area contributed by atoms with Gasteiger partial charge in [-0.3, -0.25) is 4.79 Å². The van der Waals surface area contributed by atoms with Crippen LogP contribution in [0.4, 0.5) is 0 Å². The van der Waals surface area contributed by atoms with E-state index in [0.717, 1.165) is 35.3 Å². The number of carbonyl (C=O) groups is 1. The Morgan fingerprint density at radius 2 is 1.95 bits per heavy atom. The Bertz CT molecular complexity index is 636. The number of furan rings is 1. The van der Waals surface area contributed by atoms with Gasteiger partial charge in [0.25, 0.3) is 5.91 Å². The summed E-state index contributed by atoms with van der Waals surface area (Å²) in [5, 5.41) is 4.17. The number of rotatable bonds is 3. The second-order valence-corrected chi connectivity index (χ2v) is 6.15. The summed E-state index contributed by atoms with van der Waals surface area (Å²) >= 11 is 0. The smallest absolute Gasteiger partial charge is 0.287 e. The van der Waals surface area contributed by atoms with Crippen molar-refractivity contribution in [2.75, 3.05) is 0 Å². The molecule has 21 heavy (non-hydrogen) atoms. The van der Waals surface area contributed by atoms with Gasteiger partial charge < -0.3 is 9.73 Å². The first-order valence-corrected chi connectivity index (χ1v) is 7.98. The highest BCUT2D eigenvalue weighted by Crippen LogP contribution is 2.28. The van der Waals surface area contributed by atoms with Crippen LogP contribution in [-0.4, -0.2) is 11.9 Å². The van der Waals surface area contributed by atoms with Crippen LogP contribution in [0.3, 0.4) is 0 Å². The maximum atomic E-state index is 12.4. The van der Waals surface area contributed by atoms with E-state index in [0.29, 0.717) is 11.8 Å². The Morgan fingerprint density at radius 3 is 2.62 bits per heavy atom. The standard InChI is InChI=1S/C18H23NO2/c1-3-13-8-10-14(11-9-13)19-18(20)17-12(2)15-6-4-5-7-16(15)21-17/h4-7,13-14H,3,8-11H2,1-2H3,(H,19,20). The quantitative estimate of drug-likeness (QED) is 0.906. The van der Waals surface area contributed by atoms with Crippen LogP contribution in [0.2, 0.25) is 0 Å². The van der Waals surface area contributed by atoms with Gasteiger partial charge in [0.1, 0.15) is 5.58 Å². The van der Waals surface area contributed by atoms with Gasteiger partial charge >= 0.3 is 0 Å². The average molecular weight is 285 g/mol. The first kappa shape index (κ1) is 14.2. The van der Waals surface area contributed by atoms with E-state index in [4.69, 9.17) is 4.42 Å². The number of hydrogen-bond donors (Lipinski definition) is 1. The van der Waals surface area contributed by atoms with Gasteiger partial charge in [0.15, 0.2) is 5.76 Å². The summed E-state index contributed by atoms with van der Waals surface area (Å²) in [7, 11) is 0. The number of carbonyl (C=O) groups excluding carboxylic acids is 1. The SMILES string of the molecule is CCC1CCC(NC(=O)c2oc3ccccc3c2C)CC1. The number of hydrogen-bond acceptors (Lipinski definition) is 2. The van der Waals surface area contributed by atoms with Crippen LogP contribution in [0.1, 0.15) is 55.1 Å². The van der Waals surface area contributed by atoms with Gasteiger partial charge in [-0.25, -0.2) is 0 Å². The van der Waals surface area contributed by atoms with E-state index in [-0.39, 0.29) is 5.91 Å². The van der Waals surface area contributed by atoms with E-state index in [2.05, 4.69) is 12.2 Å². The molecule has 3 nitrogen and oxygen atoms in total. The predicted octanol–water partition coefficient (Wildman–Crippen LogP) is 4.44. The zero-order valence-electron chi connectivity index (χ0n) is 12.8. The molecule has 1 aromatic heterocycles. The van der Waals surface area contributed by atoms with Crippen molar-refractivity contribution in [1.29, 1.82) is 0 Å². The van der Waals surface area contributed by atoms with Crippen LogP contribution >= 0.6 is 0 Å². The second kappa shape index (κ2) is 5.92. The minimum Gasteiger partial charge on any atom is -0.451 e. The first-order chi connectivity index (χ1) is 10.2. The average Bonchev–Trinajstić information content (AvgIpc) is 2.86. The topological polar surface area (TPSA) is 42.2 Å². The number of benzene rings is 1. The van der Waals surface area contributed by atoms with Gasteiger partial charge in [-0.2, -0.15) is 0 Å². The molecule has 0 saturated heterocycles. The molecular weight excluding hydrogens is 262 g/mol. The molecule has 1 saturated carbocycles. The van der Waals surface area contributed by atoms with Crippen molar-refractivity contribution in [3.05, 3.63) is 35.6 Å². The van der Waals surface area contributed by atoms with Crippen molar-refractivity contribution in [2.45, 2.75) is 52.0 Å². The molecule has 1 heterocycles. The third-order valence-corrected chi connectivity index (χ3v) is 4.81. The number of aryl methyl sites for hydroxylation is 1.